The van der Waals surface area contributed by atoms with E-state index in [1.165, 1.54) is 0 Å². The molecule has 160 valence electrons. The molecule has 8 heteroatoms. The largest absolute Gasteiger partial charge is 0.372 e. The van der Waals surface area contributed by atoms with E-state index >= 15 is 0 Å². The van der Waals surface area contributed by atoms with Crippen LogP contribution in [-0.2, 0) is 17.8 Å². The molecule has 0 fully saturated rings. The number of thioether (sulfide) groups is 1. The number of fused-ring (bicyclic) bond motifs is 5. The molecule has 1 aliphatic heterocycles. The first-order chi connectivity index (χ1) is 15.0. The number of ether oxygens (including phenoxy) is 1. The van der Waals surface area contributed by atoms with Gasteiger partial charge in [0.15, 0.2) is 5.16 Å². The van der Waals surface area contributed by atoms with Crippen molar-refractivity contribution in [3.05, 3.63) is 63.3 Å². The van der Waals surface area contributed by atoms with Crippen LogP contribution in [0.15, 0.2) is 52.4 Å². The summed E-state index contributed by atoms with van der Waals surface area (Å²) in [7, 11) is 0. The maximum atomic E-state index is 13.9. The van der Waals surface area contributed by atoms with Crippen molar-refractivity contribution in [2.75, 3.05) is 5.75 Å². The van der Waals surface area contributed by atoms with E-state index in [9.17, 15) is 4.79 Å². The summed E-state index contributed by atoms with van der Waals surface area (Å²) in [5.41, 5.74) is 2.93. The number of hydrogen-bond donors (Lipinski definition) is 0. The molecule has 1 aromatic carbocycles. The Labute approximate surface area is 188 Å². The fourth-order valence-electron chi connectivity index (χ4n) is 3.96. The maximum Gasteiger partial charge on any atom is 0.268 e. The predicted octanol–water partition coefficient (Wildman–Crippen LogP) is 4.86. The molecule has 4 aromatic rings. The lowest BCUT2D eigenvalue weighted by Gasteiger charge is -2.26. The van der Waals surface area contributed by atoms with E-state index in [1.54, 1.807) is 27.7 Å². The highest BCUT2D eigenvalue weighted by Gasteiger charge is 2.30. The van der Waals surface area contributed by atoms with Gasteiger partial charge in [-0.2, -0.15) is 0 Å². The van der Waals surface area contributed by atoms with Crippen molar-refractivity contribution in [3.63, 3.8) is 0 Å². The van der Waals surface area contributed by atoms with Gasteiger partial charge in [-0.25, -0.2) is 8.97 Å². The third-order valence-corrected chi connectivity index (χ3v) is 7.90. The molecule has 0 bridgehead atoms. The molecule has 3 aromatic heterocycles. The molecule has 0 radical (unpaired) electrons. The SMILES string of the molecule is C=C(C)CSc1nnc2n(-c3ccccc3)c(=O)c3c4c(sc3n12)CO[C@H](C(C)C)C4. The lowest BCUT2D eigenvalue weighted by Crippen LogP contribution is -2.28. The minimum absolute atomic E-state index is 0.0422. The molecule has 1 aliphatic rings. The zero-order valence-corrected chi connectivity index (χ0v) is 19.4. The van der Waals surface area contributed by atoms with Gasteiger partial charge in [0, 0.05) is 17.1 Å². The molecule has 0 aliphatic carbocycles. The molecule has 6 nitrogen and oxygen atoms in total. The van der Waals surface area contributed by atoms with E-state index in [0.717, 1.165) is 49.2 Å². The smallest absolute Gasteiger partial charge is 0.268 e. The van der Waals surface area contributed by atoms with Gasteiger partial charge in [-0.15, -0.1) is 21.5 Å². The van der Waals surface area contributed by atoms with Gasteiger partial charge in [0.1, 0.15) is 4.83 Å². The summed E-state index contributed by atoms with van der Waals surface area (Å²) in [5, 5.41) is 10.4. The van der Waals surface area contributed by atoms with Gasteiger partial charge < -0.3 is 4.74 Å². The van der Waals surface area contributed by atoms with Gasteiger partial charge in [0.25, 0.3) is 5.56 Å². The molecule has 0 amide bonds. The van der Waals surface area contributed by atoms with Gasteiger partial charge in [-0.05, 0) is 30.5 Å². The molecule has 0 unspecified atom stereocenters. The van der Waals surface area contributed by atoms with Crippen LogP contribution < -0.4 is 5.56 Å². The van der Waals surface area contributed by atoms with Crippen molar-refractivity contribution in [2.24, 2.45) is 5.92 Å². The summed E-state index contributed by atoms with van der Waals surface area (Å²) in [6.07, 6.45) is 0.863. The topological polar surface area (TPSA) is 61.4 Å². The van der Waals surface area contributed by atoms with Crippen LogP contribution in [0.4, 0.5) is 0 Å². The Hall–Kier alpha value is -2.42. The molecule has 0 saturated heterocycles. The van der Waals surface area contributed by atoms with E-state index in [-0.39, 0.29) is 11.7 Å². The fourth-order valence-corrected chi connectivity index (χ4v) is 6.03. The maximum absolute atomic E-state index is 13.9. The second kappa shape index (κ2) is 7.93. The van der Waals surface area contributed by atoms with E-state index in [1.807, 2.05) is 41.7 Å². The zero-order chi connectivity index (χ0) is 21.7. The molecule has 5 rings (SSSR count). The molecular weight excluding hydrogens is 428 g/mol. The highest BCUT2D eigenvalue weighted by Crippen LogP contribution is 2.37. The quantitative estimate of drug-likeness (QED) is 0.320. The fraction of sp³-hybridized carbons (Fsp3) is 0.348. The first-order valence-electron chi connectivity index (χ1n) is 10.3. The number of hydrogen-bond acceptors (Lipinski definition) is 6. The molecule has 4 heterocycles. The average Bonchev–Trinajstić information content (AvgIpc) is 3.34. The zero-order valence-electron chi connectivity index (χ0n) is 17.8. The summed E-state index contributed by atoms with van der Waals surface area (Å²) in [5.74, 6) is 1.67. The average molecular weight is 453 g/mol. The van der Waals surface area contributed by atoms with Crippen molar-refractivity contribution >= 4 is 39.1 Å². The second-order valence-electron chi connectivity index (χ2n) is 8.32. The first-order valence-corrected chi connectivity index (χ1v) is 12.1. The summed E-state index contributed by atoms with van der Waals surface area (Å²) < 4.78 is 9.82. The number of nitrogens with zero attached hydrogens (tertiary/aromatic N) is 4. The third-order valence-electron chi connectivity index (χ3n) is 5.55. The van der Waals surface area contributed by atoms with Gasteiger partial charge in [0.2, 0.25) is 5.78 Å². The van der Waals surface area contributed by atoms with Crippen molar-refractivity contribution < 1.29 is 4.74 Å². The Bertz CT molecular complexity index is 1350. The van der Waals surface area contributed by atoms with E-state index in [4.69, 9.17) is 4.74 Å². The van der Waals surface area contributed by atoms with Crippen LogP contribution in [-0.4, -0.2) is 31.0 Å². The van der Waals surface area contributed by atoms with Crippen molar-refractivity contribution in [2.45, 2.75) is 45.1 Å². The monoisotopic (exact) mass is 452 g/mol. The number of thiophene rings is 1. The summed E-state index contributed by atoms with van der Waals surface area (Å²) in [6, 6.07) is 9.67. The third kappa shape index (κ3) is 3.43. The Morgan fingerprint density at radius 3 is 2.81 bits per heavy atom. The highest BCUT2D eigenvalue weighted by atomic mass is 32.2. The second-order valence-corrected chi connectivity index (χ2v) is 10.3. The lowest BCUT2D eigenvalue weighted by atomic mass is 9.96. The van der Waals surface area contributed by atoms with Crippen LogP contribution in [0, 0.1) is 5.92 Å². The van der Waals surface area contributed by atoms with E-state index in [0.29, 0.717) is 18.3 Å². The predicted molar refractivity (Wildman–Crippen MR) is 127 cm³/mol. The van der Waals surface area contributed by atoms with Gasteiger partial charge in [0.05, 0.1) is 23.8 Å². The summed E-state index contributed by atoms with van der Waals surface area (Å²) >= 11 is 3.21. The lowest BCUT2D eigenvalue weighted by molar-refractivity contribution is 0.00200. The number of benzene rings is 1. The number of aromatic nitrogens is 4. The first kappa shape index (κ1) is 20.5. The molecule has 0 N–H and O–H groups in total. The van der Waals surface area contributed by atoms with E-state index < -0.39 is 0 Å². The van der Waals surface area contributed by atoms with Crippen molar-refractivity contribution in [1.29, 1.82) is 0 Å². The van der Waals surface area contributed by atoms with Crippen LogP contribution >= 0.6 is 23.1 Å². The van der Waals surface area contributed by atoms with Crippen molar-refractivity contribution in [1.82, 2.24) is 19.2 Å². The Morgan fingerprint density at radius 1 is 1.32 bits per heavy atom. The van der Waals surface area contributed by atoms with Gasteiger partial charge in [-0.3, -0.25) is 4.79 Å². The van der Waals surface area contributed by atoms with Crippen LogP contribution in [0.1, 0.15) is 31.2 Å². The Kier molecular flexibility index (Phi) is 5.24. The molecule has 0 spiro atoms. The summed E-state index contributed by atoms with van der Waals surface area (Å²) in [4.78, 5) is 15.9. The normalized spacial score (nSPS) is 16.3. The van der Waals surface area contributed by atoms with E-state index in [2.05, 4.69) is 30.6 Å². The van der Waals surface area contributed by atoms with Crippen LogP contribution in [0.5, 0.6) is 0 Å². The van der Waals surface area contributed by atoms with Crippen molar-refractivity contribution in [3.8, 4) is 5.69 Å². The Balaban J connectivity index is 1.84. The highest BCUT2D eigenvalue weighted by molar-refractivity contribution is 7.99. The minimum atomic E-state index is -0.0422. The van der Waals surface area contributed by atoms with Gasteiger partial charge >= 0.3 is 0 Å². The van der Waals surface area contributed by atoms with Crippen LogP contribution in [0.25, 0.3) is 21.7 Å². The molecular formula is C23H24N4O2S2. The van der Waals surface area contributed by atoms with Gasteiger partial charge in [-0.1, -0.05) is 56.0 Å². The number of para-hydroxylation sites is 1. The molecule has 1 atom stereocenters. The Morgan fingerprint density at radius 2 is 2.10 bits per heavy atom. The molecule has 0 saturated carbocycles. The van der Waals surface area contributed by atoms with Crippen LogP contribution in [0.3, 0.4) is 0 Å². The molecule has 31 heavy (non-hydrogen) atoms. The standard InChI is InChI=1S/C23H24N4O2S2/c1-13(2)12-30-23-25-24-22-26(15-8-6-5-7-9-15)20(28)19-16-10-17(14(3)4)29-11-18(16)31-21(19)27(22)23/h5-9,14,17H,1,10-12H2,2-4H3/t17-/m0/s1. The summed E-state index contributed by atoms with van der Waals surface area (Å²) in [6.45, 7) is 10.9. The number of rotatable bonds is 5. The van der Waals surface area contributed by atoms with Crippen LogP contribution in [0.2, 0.25) is 0 Å². The minimum Gasteiger partial charge on any atom is -0.372 e.